The highest BCUT2D eigenvalue weighted by Gasteiger charge is 2.16. The summed E-state index contributed by atoms with van der Waals surface area (Å²) in [6, 6.07) is 4.71. The molecule has 1 unspecified atom stereocenters. The van der Waals surface area contributed by atoms with Gasteiger partial charge in [-0.15, -0.1) is 0 Å². The number of piperidine rings is 1. The first-order valence-corrected chi connectivity index (χ1v) is 5.79. The maximum atomic E-state index is 10.6. The average Bonchev–Trinajstić information content (AvgIpc) is 2.33. The van der Waals surface area contributed by atoms with E-state index in [-0.39, 0.29) is 16.7 Å². The molecule has 0 bridgehead atoms. The molecule has 5 nitrogen and oxygen atoms in total. The van der Waals surface area contributed by atoms with E-state index in [2.05, 4.69) is 5.32 Å². The summed E-state index contributed by atoms with van der Waals surface area (Å²) in [6.07, 6.45) is 2.31. The number of nitro benzene ring substituents is 1. The van der Waals surface area contributed by atoms with Gasteiger partial charge >= 0.3 is 0 Å². The summed E-state index contributed by atoms with van der Waals surface area (Å²) in [7, 11) is 0. The van der Waals surface area contributed by atoms with Gasteiger partial charge in [0, 0.05) is 18.7 Å². The van der Waals surface area contributed by atoms with Crippen molar-refractivity contribution in [3.63, 3.8) is 0 Å². The van der Waals surface area contributed by atoms with Gasteiger partial charge in [0.1, 0.15) is 11.9 Å². The van der Waals surface area contributed by atoms with Crippen LogP contribution < -0.4 is 10.1 Å². The molecule has 0 aliphatic carbocycles. The topological polar surface area (TPSA) is 64.4 Å². The molecule has 0 amide bonds. The third kappa shape index (κ3) is 2.94. The van der Waals surface area contributed by atoms with Gasteiger partial charge < -0.3 is 10.1 Å². The first-order valence-electron chi connectivity index (χ1n) is 5.79. The number of nitrogens with one attached hydrogen (secondary N) is 1. The molecule has 1 N–H and O–H groups in total. The van der Waals surface area contributed by atoms with Crippen LogP contribution in [0.15, 0.2) is 18.2 Å². The van der Waals surface area contributed by atoms with Crippen molar-refractivity contribution in [1.82, 2.24) is 5.32 Å². The van der Waals surface area contributed by atoms with Crippen molar-refractivity contribution < 1.29 is 9.66 Å². The first-order chi connectivity index (χ1) is 8.16. The van der Waals surface area contributed by atoms with Crippen LogP contribution in [0.25, 0.3) is 0 Å². The summed E-state index contributed by atoms with van der Waals surface area (Å²) in [4.78, 5) is 10.2. The highest BCUT2D eigenvalue weighted by Crippen LogP contribution is 2.25. The van der Waals surface area contributed by atoms with E-state index in [9.17, 15) is 10.1 Å². The largest absolute Gasteiger partial charge is 0.489 e. The Labute approximate surface area is 99.9 Å². The van der Waals surface area contributed by atoms with Gasteiger partial charge in [-0.2, -0.15) is 0 Å². The lowest BCUT2D eigenvalue weighted by molar-refractivity contribution is -0.384. The molecule has 0 aromatic heterocycles. The average molecular weight is 236 g/mol. The second-order valence-electron chi connectivity index (χ2n) is 4.29. The third-order valence-corrected chi connectivity index (χ3v) is 2.91. The molecule has 0 saturated carbocycles. The molecule has 1 aromatic rings. The molecule has 1 aliphatic heterocycles. The summed E-state index contributed by atoms with van der Waals surface area (Å²) in [5.41, 5.74) is 0.918. The Morgan fingerprint density at radius 3 is 2.94 bits per heavy atom. The predicted molar refractivity (Wildman–Crippen MR) is 64.4 cm³/mol. The van der Waals surface area contributed by atoms with E-state index >= 15 is 0 Å². The molecule has 1 atom stereocenters. The highest BCUT2D eigenvalue weighted by atomic mass is 16.6. The van der Waals surface area contributed by atoms with Crippen molar-refractivity contribution in [3.05, 3.63) is 33.9 Å². The molecule has 17 heavy (non-hydrogen) atoms. The molecular formula is C12H16N2O3. The smallest absolute Gasteiger partial charge is 0.269 e. The number of hydrogen-bond acceptors (Lipinski definition) is 4. The van der Waals surface area contributed by atoms with E-state index in [4.69, 9.17) is 4.74 Å². The van der Waals surface area contributed by atoms with Crippen LogP contribution in [-0.2, 0) is 0 Å². The van der Waals surface area contributed by atoms with E-state index < -0.39 is 0 Å². The fourth-order valence-corrected chi connectivity index (χ4v) is 1.98. The first kappa shape index (κ1) is 11.9. The lowest BCUT2D eigenvalue weighted by Gasteiger charge is -2.24. The zero-order valence-corrected chi connectivity index (χ0v) is 9.81. The van der Waals surface area contributed by atoms with Gasteiger partial charge in [0.2, 0.25) is 0 Å². The minimum absolute atomic E-state index is 0.108. The van der Waals surface area contributed by atoms with Gasteiger partial charge in [-0.25, -0.2) is 0 Å². The SMILES string of the molecule is Cc1cc([N+](=O)[O-])ccc1OC1CCCNC1. The summed E-state index contributed by atoms with van der Waals surface area (Å²) in [6.45, 7) is 3.72. The van der Waals surface area contributed by atoms with Crippen molar-refractivity contribution in [2.24, 2.45) is 0 Å². The van der Waals surface area contributed by atoms with Crippen LogP contribution in [0, 0.1) is 17.0 Å². The zero-order valence-electron chi connectivity index (χ0n) is 9.81. The van der Waals surface area contributed by atoms with Crippen LogP contribution in [0.1, 0.15) is 18.4 Å². The molecule has 1 aliphatic rings. The Morgan fingerprint density at radius 2 is 2.35 bits per heavy atom. The minimum atomic E-state index is -0.390. The number of ether oxygens (including phenoxy) is 1. The highest BCUT2D eigenvalue weighted by molar-refractivity contribution is 5.43. The standard InChI is InChI=1S/C12H16N2O3/c1-9-7-10(14(15)16)4-5-12(9)17-11-3-2-6-13-8-11/h4-5,7,11,13H,2-3,6,8H2,1H3. The maximum Gasteiger partial charge on any atom is 0.269 e. The Morgan fingerprint density at radius 1 is 1.53 bits per heavy atom. The number of nitrogens with zero attached hydrogens (tertiary/aromatic N) is 1. The van der Waals surface area contributed by atoms with E-state index in [1.165, 1.54) is 6.07 Å². The van der Waals surface area contributed by atoms with E-state index in [1.807, 2.05) is 6.92 Å². The number of hydrogen-bond donors (Lipinski definition) is 1. The molecule has 5 heteroatoms. The van der Waals surface area contributed by atoms with Crippen LogP contribution >= 0.6 is 0 Å². The normalized spacial score (nSPS) is 19.9. The number of non-ortho nitro benzene ring substituents is 1. The quantitative estimate of drug-likeness (QED) is 0.644. The van der Waals surface area contributed by atoms with E-state index in [0.717, 1.165) is 37.2 Å². The Bertz CT molecular complexity index is 414. The van der Waals surface area contributed by atoms with Crippen molar-refractivity contribution in [1.29, 1.82) is 0 Å². The van der Waals surface area contributed by atoms with Crippen LogP contribution in [0.3, 0.4) is 0 Å². The third-order valence-electron chi connectivity index (χ3n) is 2.91. The molecule has 0 spiro atoms. The molecule has 92 valence electrons. The second kappa shape index (κ2) is 5.14. The molecule has 1 aromatic carbocycles. The van der Waals surface area contributed by atoms with Crippen LogP contribution in [-0.4, -0.2) is 24.1 Å². The van der Waals surface area contributed by atoms with Crippen LogP contribution in [0.5, 0.6) is 5.75 Å². The van der Waals surface area contributed by atoms with Gasteiger partial charge in [-0.1, -0.05) is 0 Å². The summed E-state index contributed by atoms with van der Waals surface area (Å²) in [5, 5.41) is 13.9. The maximum absolute atomic E-state index is 10.6. The van der Waals surface area contributed by atoms with Gasteiger partial charge in [0.15, 0.2) is 0 Å². The molecule has 1 saturated heterocycles. The predicted octanol–water partition coefficient (Wildman–Crippen LogP) is 2.03. The number of aryl methyl sites for hydroxylation is 1. The van der Waals surface area contributed by atoms with Crippen molar-refractivity contribution >= 4 is 5.69 Å². The molecule has 2 rings (SSSR count). The van der Waals surface area contributed by atoms with Gasteiger partial charge in [-0.05, 0) is 37.9 Å². The van der Waals surface area contributed by atoms with Gasteiger partial charge in [-0.3, -0.25) is 10.1 Å². The fourth-order valence-electron chi connectivity index (χ4n) is 1.98. The molecular weight excluding hydrogens is 220 g/mol. The summed E-state index contributed by atoms with van der Waals surface area (Å²) in [5.74, 6) is 0.740. The second-order valence-corrected chi connectivity index (χ2v) is 4.29. The number of benzene rings is 1. The lowest BCUT2D eigenvalue weighted by atomic mass is 10.1. The van der Waals surface area contributed by atoms with Gasteiger partial charge in [0.25, 0.3) is 5.69 Å². The van der Waals surface area contributed by atoms with Crippen LogP contribution in [0.2, 0.25) is 0 Å². The van der Waals surface area contributed by atoms with Crippen LogP contribution in [0.4, 0.5) is 5.69 Å². The summed E-state index contributed by atoms with van der Waals surface area (Å²) < 4.78 is 5.84. The zero-order chi connectivity index (χ0) is 12.3. The van der Waals surface area contributed by atoms with Crippen molar-refractivity contribution in [3.8, 4) is 5.75 Å². The van der Waals surface area contributed by atoms with Crippen molar-refractivity contribution in [2.75, 3.05) is 13.1 Å². The fraction of sp³-hybridized carbons (Fsp3) is 0.500. The minimum Gasteiger partial charge on any atom is -0.489 e. The summed E-state index contributed by atoms with van der Waals surface area (Å²) >= 11 is 0. The van der Waals surface area contributed by atoms with E-state index in [0.29, 0.717) is 0 Å². The van der Waals surface area contributed by atoms with Gasteiger partial charge in [0.05, 0.1) is 4.92 Å². The van der Waals surface area contributed by atoms with E-state index in [1.54, 1.807) is 12.1 Å². The monoisotopic (exact) mass is 236 g/mol. The molecule has 1 fully saturated rings. The number of nitro groups is 1. The Kier molecular flexibility index (Phi) is 3.58. The molecule has 0 radical (unpaired) electrons. The Hall–Kier alpha value is -1.62. The van der Waals surface area contributed by atoms with Crippen molar-refractivity contribution in [2.45, 2.75) is 25.9 Å². The Balaban J connectivity index is 2.08. The number of rotatable bonds is 3. The molecule has 1 heterocycles. The lowest BCUT2D eigenvalue weighted by Crippen LogP contribution is -2.37.